The van der Waals surface area contributed by atoms with Gasteiger partial charge in [0.1, 0.15) is 0 Å². The van der Waals surface area contributed by atoms with Crippen LogP contribution in [-0.4, -0.2) is 11.7 Å². The van der Waals surface area contributed by atoms with Crippen molar-refractivity contribution in [3.8, 4) is 0 Å². The van der Waals surface area contributed by atoms with E-state index in [1.165, 1.54) is 25.7 Å². The Morgan fingerprint density at radius 2 is 1.30 bits per heavy atom. The minimum Gasteiger partial charge on any atom is -0.396 e. The molecule has 0 amide bonds. The molecular weight excluding hydrogens is 124 g/mol. The highest BCUT2D eigenvalue weighted by Gasteiger charge is 1.88. The SMILES string of the molecule is [CH]CCCCCCCCO. The topological polar surface area (TPSA) is 20.2 Å². The van der Waals surface area contributed by atoms with E-state index >= 15 is 0 Å². The van der Waals surface area contributed by atoms with E-state index in [-0.39, 0.29) is 0 Å². The fraction of sp³-hybridized carbons (Fsp3) is 0.889. The van der Waals surface area contributed by atoms with Crippen molar-refractivity contribution >= 4 is 0 Å². The normalized spacial score (nSPS) is 10.2. The average Bonchev–Trinajstić information content (AvgIpc) is 1.97. The van der Waals surface area contributed by atoms with Crippen LogP contribution in [0.15, 0.2) is 0 Å². The molecule has 0 fully saturated rings. The summed E-state index contributed by atoms with van der Waals surface area (Å²) in [6.07, 6.45) is 7.88. The summed E-state index contributed by atoms with van der Waals surface area (Å²) in [5.41, 5.74) is 0. The molecule has 10 heavy (non-hydrogen) atoms. The summed E-state index contributed by atoms with van der Waals surface area (Å²) >= 11 is 0. The molecule has 0 aromatic carbocycles. The molecular formula is C9H18O. The van der Waals surface area contributed by atoms with Crippen molar-refractivity contribution in [3.63, 3.8) is 0 Å². The van der Waals surface area contributed by atoms with Gasteiger partial charge in [0.2, 0.25) is 0 Å². The van der Waals surface area contributed by atoms with Gasteiger partial charge in [-0.3, -0.25) is 0 Å². The minimum atomic E-state index is 0.344. The number of unbranched alkanes of at least 4 members (excludes halogenated alkanes) is 6. The van der Waals surface area contributed by atoms with Crippen LogP contribution in [0.1, 0.15) is 44.9 Å². The summed E-state index contributed by atoms with van der Waals surface area (Å²) in [4.78, 5) is 0. The number of aliphatic hydroxyl groups excluding tert-OH is 1. The van der Waals surface area contributed by atoms with Crippen molar-refractivity contribution in [1.82, 2.24) is 0 Å². The van der Waals surface area contributed by atoms with Gasteiger partial charge in [0.15, 0.2) is 0 Å². The molecule has 1 nitrogen and oxygen atoms in total. The second kappa shape index (κ2) is 8.96. The highest BCUT2D eigenvalue weighted by atomic mass is 16.2. The van der Waals surface area contributed by atoms with Crippen LogP contribution in [0.3, 0.4) is 0 Å². The fourth-order valence-corrected chi connectivity index (χ4v) is 0.963. The third-order valence-corrected chi connectivity index (χ3v) is 1.61. The van der Waals surface area contributed by atoms with Crippen LogP contribution in [0.5, 0.6) is 0 Å². The molecule has 0 aliphatic heterocycles. The third-order valence-electron chi connectivity index (χ3n) is 1.61. The first-order chi connectivity index (χ1) is 4.91. The van der Waals surface area contributed by atoms with Gasteiger partial charge in [-0.15, -0.1) is 0 Å². The quantitative estimate of drug-likeness (QED) is 0.541. The molecule has 2 radical (unpaired) electrons. The van der Waals surface area contributed by atoms with Gasteiger partial charge in [-0.1, -0.05) is 32.1 Å². The van der Waals surface area contributed by atoms with Crippen molar-refractivity contribution in [1.29, 1.82) is 0 Å². The van der Waals surface area contributed by atoms with Crippen molar-refractivity contribution in [2.24, 2.45) is 0 Å². The van der Waals surface area contributed by atoms with E-state index in [0.29, 0.717) is 6.61 Å². The van der Waals surface area contributed by atoms with Gasteiger partial charge < -0.3 is 5.11 Å². The van der Waals surface area contributed by atoms with Crippen LogP contribution in [0.4, 0.5) is 0 Å². The Morgan fingerprint density at radius 3 is 1.80 bits per heavy atom. The molecule has 0 saturated carbocycles. The standard InChI is InChI=1S/C9H18O/c1-2-3-4-5-6-7-8-9-10/h1,10H,2-9H2. The number of rotatable bonds is 7. The lowest BCUT2D eigenvalue weighted by molar-refractivity contribution is 0.282. The van der Waals surface area contributed by atoms with Gasteiger partial charge >= 0.3 is 0 Å². The van der Waals surface area contributed by atoms with E-state index in [2.05, 4.69) is 0 Å². The van der Waals surface area contributed by atoms with E-state index in [4.69, 9.17) is 12.0 Å². The molecule has 1 heteroatoms. The largest absolute Gasteiger partial charge is 0.396 e. The first-order valence-electron chi connectivity index (χ1n) is 4.22. The molecule has 0 heterocycles. The summed E-state index contributed by atoms with van der Waals surface area (Å²) in [6, 6.07) is 0. The summed E-state index contributed by atoms with van der Waals surface area (Å²) in [5.74, 6) is 0. The number of hydrogen-bond acceptors (Lipinski definition) is 1. The van der Waals surface area contributed by atoms with Crippen molar-refractivity contribution in [2.75, 3.05) is 6.61 Å². The first kappa shape index (κ1) is 9.96. The third kappa shape index (κ3) is 7.96. The van der Waals surface area contributed by atoms with Crippen molar-refractivity contribution in [3.05, 3.63) is 6.92 Å². The lowest BCUT2D eigenvalue weighted by Gasteiger charge is -1.97. The Kier molecular flexibility index (Phi) is 8.92. The van der Waals surface area contributed by atoms with Gasteiger partial charge in [0.25, 0.3) is 0 Å². The summed E-state index contributed by atoms with van der Waals surface area (Å²) in [6.45, 7) is 5.67. The zero-order chi connectivity index (χ0) is 7.66. The van der Waals surface area contributed by atoms with Gasteiger partial charge in [-0.25, -0.2) is 0 Å². The van der Waals surface area contributed by atoms with Crippen LogP contribution >= 0.6 is 0 Å². The predicted octanol–water partition coefficient (Wildman–Crippen LogP) is 2.42. The lowest BCUT2D eigenvalue weighted by Crippen LogP contribution is -1.83. The van der Waals surface area contributed by atoms with E-state index in [1.54, 1.807) is 0 Å². The van der Waals surface area contributed by atoms with Crippen LogP contribution in [0.25, 0.3) is 0 Å². The Labute approximate surface area is 64.5 Å². The van der Waals surface area contributed by atoms with Gasteiger partial charge in [0, 0.05) is 6.61 Å². The Hall–Kier alpha value is -0.0400. The van der Waals surface area contributed by atoms with E-state index in [9.17, 15) is 0 Å². The van der Waals surface area contributed by atoms with Crippen LogP contribution in [-0.2, 0) is 0 Å². The molecule has 0 aliphatic carbocycles. The predicted molar refractivity (Wildman–Crippen MR) is 43.7 cm³/mol. The summed E-state index contributed by atoms with van der Waals surface area (Å²) < 4.78 is 0. The Balaban J connectivity index is 2.65. The summed E-state index contributed by atoms with van der Waals surface area (Å²) in [7, 11) is 0. The molecule has 0 rings (SSSR count). The average molecular weight is 142 g/mol. The maximum Gasteiger partial charge on any atom is 0.0431 e. The van der Waals surface area contributed by atoms with Crippen LogP contribution in [0, 0.1) is 6.92 Å². The minimum absolute atomic E-state index is 0.344. The Morgan fingerprint density at radius 1 is 0.800 bits per heavy atom. The van der Waals surface area contributed by atoms with Gasteiger partial charge in [-0.05, 0) is 19.8 Å². The van der Waals surface area contributed by atoms with E-state index in [0.717, 1.165) is 19.3 Å². The van der Waals surface area contributed by atoms with Gasteiger partial charge in [0.05, 0.1) is 0 Å². The molecule has 0 spiro atoms. The smallest absolute Gasteiger partial charge is 0.0431 e. The molecule has 60 valence electrons. The monoisotopic (exact) mass is 142 g/mol. The number of hydrogen-bond donors (Lipinski definition) is 1. The van der Waals surface area contributed by atoms with E-state index < -0.39 is 0 Å². The lowest BCUT2D eigenvalue weighted by atomic mass is 10.1. The zero-order valence-electron chi connectivity index (χ0n) is 6.68. The maximum absolute atomic E-state index is 8.45. The molecule has 1 N–H and O–H groups in total. The highest BCUT2D eigenvalue weighted by molar-refractivity contribution is 4.45. The van der Waals surface area contributed by atoms with Gasteiger partial charge in [-0.2, -0.15) is 0 Å². The second-order valence-corrected chi connectivity index (χ2v) is 2.63. The second-order valence-electron chi connectivity index (χ2n) is 2.63. The van der Waals surface area contributed by atoms with Crippen LogP contribution in [0.2, 0.25) is 0 Å². The molecule has 0 unspecified atom stereocenters. The highest BCUT2D eigenvalue weighted by Crippen LogP contribution is 2.05. The molecule has 0 atom stereocenters. The van der Waals surface area contributed by atoms with Crippen molar-refractivity contribution < 1.29 is 5.11 Å². The molecule has 0 aliphatic rings. The van der Waals surface area contributed by atoms with E-state index in [1.807, 2.05) is 0 Å². The van der Waals surface area contributed by atoms with Crippen molar-refractivity contribution in [2.45, 2.75) is 44.9 Å². The summed E-state index contributed by atoms with van der Waals surface area (Å²) in [5, 5.41) is 8.45. The first-order valence-corrected chi connectivity index (χ1v) is 4.22. The molecule has 0 aromatic rings. The fourth-order valence-electron chi connectivity index (χ4n) is 0.963. The maximum atomic E-state index is 8.45. The number of aliphatic hydroxyl groups is 1. The zero-order valence-corrected chi connectivity index (χ0v) is 6.68. The molecule has 0 bridgehead atoms. The van der Waals surface area contributed by atoms with Crippen LogP contribution < -0.4 is 0 Å². The molecule has 0 saturated heterocycles. The molecule has 0 aromatic heterocycles. The Bertz CT molecular complexity index is 44.7.